The van der Waals surface area contributed by atoms with Gasteiger partial charge in [-0.3, -0.25) is 0 Å². The van der Waals surface area contributed by atoms with Crippen LogP contribution in [0.25, 0.3) is 0 Å². The van der Waals surface area contributed by atoms with Gasteiger partial charge in [0, 0.05) is 27.8 Å². The summed E-state index contributed by atoms with van der Waals surface area (Å²) in [6, 6.07) is 0. The molecule has 0 aromatic heterocycles. The molecule has 0 radical (unpaired) electrons. The van der Waals surface area contributed by atoms with Crippen LogP contribution in [0.3, 0.4) is 0 Å². The average molecular weight is 202 g/mol. The van der Waals surface area contributed by atoms with Gasteiger partial charge in [-0.25, -0.2) is 0 Å². The zero-order valence-corrected chi connectivity index (χ0v) is 9.54. The van der Waals surface area contributed by atoms with Crippen molar-refractivity contribution in [1.29, 1.82) is 0 Å². The van der Waals surface area contributed by atoms with Crippen LogP contribution < -0.4 is 0 Å². The van der Waals surface area contributed by atoms with Crippen molar-refractivity contribution in [1.82, 2.24) is 0 Å². The standard InChI is InChI=1S/C11H22O3/c1-5-6-7-8-9-10-11(12-2,13-3)14-4/h5H,1,6-10H2,2-4H3. The van der Waals surface area contributed by atoms with Gasteiger partial charge in [0.25, 0.3) is 5.97 Å². The number of unbranched alkanes of at least 4 members (excludes halogenated alkanes) is 3. The molecule has 3 heteroatoms. The van der Waals surface area contributed by atoms with E-state index in [1.807, 2.05) is 6.08 Å². The van der Waals surface area contributed by atoms with Crippen molar-refractivity contribution in [3.63, 3.8) is 0 Å². The second-order valence-electron chi connectivity index (χ2n) is 3.18. The molecule has 0 atom stereocenters. The first-order chi connectivity index (χ1) is 6.74. The van der Waals surface area contributed by atoms with Gasteiger partial charge in [-0.15, -0.1) is 6.58 Å². The van der Waals surface area contributed by atoms with E-state index in [4.69, 9.17) is 14.2 Å². The molecule has 0 unspecified atom stereocenters. The predicted molar refractivity (Wildman–Crippen MR) is 57.0 cm³/mol. The fourth-order valence-corrected chi connectivity index (χ4v) is 1.36. The summed E-state index contributed by atoms with van der Waals surface area (Å²) >= 11 is 0. The number of hydrogen-bond acceptors (Lipinski definition) is 3. The third-order valence-corrected chi connectivity index (χ3v) is 2.32. The van der Waals surface area contributed by atoms with Gasteiger partial charge in [0.2, 0.25) is 0 Å². The van der Waals surface area contributed by atoms with Crippen LogP contribution in [0.5, 0.6) is 0 Å². The molecule has 0 amide bonds. The summed E-state index contributed by atoms with van der Waals surface area (Å²) in [7, 11) is 4.78. The third kappa shape index (κ3) is 4.74. The number of allylic oxidation sites excluding steroid dienone is 1. The summed E-state index contributed by atoms with van der Waals surface area (Å²) in [5, 5.41) is 0. The minimum absolute atomic E-state index is 0.758. The van der Waals surface area contributed by atoms with Crippen LogP contribution >= 0.6 is 0 Å². The maximum absolute atomic E-state index is 5.18. The van der Waals surface area contributed by atoms with Crippen LogP contribution in [-0.2, 0) is 14.2 Å². The van der Waals surface area contributed by atoms with Gasteiger partial charge in [0.1, 0.15) is 0 Å². The van der Waals surface area contributed by atoms with Gasteiger partial charge < -0.3 is 14.2 Å². The molecule has 0 aromatic carbocycles. The van der Waals surface area contributed by atoms with E-state index in [0.717, 1.165) is 32.1 Å². The lowest BCUT2D eigenvalue weighted by atomic mass is 10.1. The Bertz CT molecular complexity index is 133. The Morgan fingerprint density at radius 2 is 1.57 bits per heavy atom. The van der Waals surface area contributed by atoms with Gasteiger partial charge in [-0.1, -0.05) is 12.5 Å². The number of methoxy groups -OCH3 is 3. The van der Waals surface area contributed by atoms with E-state index < -0.39 is 5.97 Å². The van der Waals surface area contributed by atoms with E-state index in [9.17, 15) is 0 Å². The fourth-order valence-electron chi connectivity index (χ4n) is 1.36. The fraction of sp³-hybridized carbons (Fsp3) is 0.818. The van der Waals surface area contributed by atoms with E-state index in [-0.39, 0.29) is 0 Å². The molecule has 0 fully saturated rings. The molecule has 0 rings (SSSR count). The Labute approximate surface area is 87.0 Å². The van der Waals surface area contributed by atoms with Gasteiger partial charge in [0.15, 0.2) is 0 Å². The Morgan fingerprint density at radius 1 is 1.00 bits per heavy atom. The van der Waals surface area contributed by atoms with Crippen LogP contribution in [0.4, 0.5) is 0 Å². The molecule has 0 saturated heterocycles. The predicted octanol–water partition coefficient (Wildman–Crippen LogP) is 2.72. The summed E-state index contributed by atoms with van der Waals surface area (Å²) in [6.07, 6.45) is 7.10. The maximum Gasteiger partial charge on any atom is 0.282 e. The van der Waals surface area contributed by atoms with Crippen LogP contribution in [0.15, 0.2) is 12.7 Å². The number of hydrogen-bond donors (Lipinski definition) is 0. The largest absolute Gasteiger partial charge is 0.331 e. The van der Waals surface area contributed by atoms with E-state index in [0.29, 0.717) is 0 Å². The van der Waals surface area contributed by atoms with Crippen LogP contribution in [0.1, 0.15) is 32.1 Å². The third-order valence-electron chi connectivity index (χ3n) is 2.32. The van der Waals surface area contributed by atoms with Crippen LogP contribution in [0.2, 0.25) is 0 Å². The van der Waals surface area contributed by atoms with E-state index >= 15 is 0 Å². The molecule has 0 aliphatic carbocycles. The smallest absolute Gasteiger partial charge is 0.282 e. The van der Waals surface area contributed by atoms with Crippen LogP contribution in [-0.4, -0.2) is 27.3 Å². The molecular formula is C11H22O3. The van der Waals surface area contributed by atoms with Crippen molar-refractivity contribution >= 4 is 0 Å². The highest BCUT2D eigenvalue weighted by atomic mass is 16.9. The normalized spacial score (nSPS) is 11.6. The molecule has 14 heavy (non-hydrogen) atoms. The van der Waals surface area contributed by atoms with Gasteiger partial charge in [-0.05, 0) is 19.3 Å². The Balaban J connectivity index is 3.65. The topological polar surface area (TPSA) is 27.7 Å². The summed E-state index contributed by atoms with van der Waals surface area (Å²) in [6.45, 7) is 3.68. The van der Waals surface area contributed by atoms with E-state index in [2.05, 4.69) is 6.58 Å². The van der Waals surface area contributed by atoms with Crippen LogP contribution in [0, 0.1) is 0 Å². The molecule has 0 bridgehead atoms. The first kappa shape index (κ1) is 13.6. The molecule has 0 N–H and O–H groups in total. The molecule has 0 heterocycles. The van der Waals surface area contributed by atoms with Crippen molar-refractivity contribution in [2.75, 3.05) is 21.3 Å². The van der Waals surface area contributed by atoms with E-state index in [1.165, 1.54) is 0 Å². The molecule has 0 aliphatic rings. The lowest BCUT2D eigenvalue weighted by Gasteiger charge is -2.28. The highest BCUT2D eigenvalue weighted by molar-refractivity contribution is 4.66. The van der Waals surface area contributed by atoms with Crippen molar-refractivity contribution in [2.24, 2.45) is 0 Å². The Morgan fingerprint density at radius 3 is 2.00 bits per heavy atom. The molecule has 3 nitrogen and oxygen atoms in total. The second-order valence-corrected chi connectivity index (χ2v) is 3.18. The minimum atomic E-state index is -0.853. The van der Waals surface area contributed by atoms with Crippen molar-refractivity contribution in [2.45, 2.75) is 38.1 Å². The minimum Gasteiger partial charge on any atom is -0.331 e. The first-order valence-electron chi connectivity index (χ1n) is 5.01. The zero-order chi connectivity index (χ0) is 10.9. The van der Waals surface area contributed by atoms with Gasteiger partial charge in [0.05, 0.1) is 0 Å². The number of ether oxygens (including phenoxy) is 3. The van der Waals surface area contributed by atoms with Crippen molar-refractivity contribution < 1.29 is 14.2 Å². The van der Waals surface area contributed by atoms with Gasteiger partial charge in [-0.2, -0.15) is 0 Å². The summed E-state index contributed by atoms with van der Waals surface area (Å²) in [5.74, 6) is -0.853. The van der Waals surface area contributed by atoms with Crippen molar-refractivity contribution in [3.8, 4) is 0 Å². The zero-order valence-electron chi connectivity index (χ0n) is 9.54. The molecule has 0 aliphatic heterocycles. The van der Waals surface area contributed by atoms with E-state index in [1.54, 1.807) is 21.3 Å². The summed E-state index contributed by atoms with van der Waals surface area (Å²) in [5.41, 5.74) is 0. The molecule has 0 aromatic rings. The second kappa shape index (κ2) is 7.97. The number of rotatable bonds is 9. The first-order valence-corrected chi connectivity index (χ1v) is 5.01. The maximum atomic E-state index is 5.18. The van der Waals surface area contributed by atoms with Gasteiger partial charge >= 0.3 is 0 Å². The summed E-state index contributed by atoms with van der Waals surface area (Å²) in [4.78, 5) is 0. The lowest BCUT2D eigenvalue weighted by Crippen LogP contribution is -2.35. The monoisotopic (exact) mass is 202 g/mol. The average Bonchev–Trinajstić information content (AvgIpc) is 2.24. The Hall–Kier alpha value is -0.380. The highest BCUT2D eigenvalue weighted by Gasteiger charge is 2.28. The Kier molecular flexibility index (Phi) is 7.76. The highest BCUT2D eigenvalue weighted by Crippen LogP contribution is 2.20. The molecule has 0 saturated carbocycles. The van der Waals surface area contributed by atoms with Crippen molar-refractivity contribution in [3.05, 3.63) is 12.7 Å². The lowest BCUT2D eigenvalue weighted by molar-refractivity contribution is -0.355. The molecule has 0 spiro atoms. The molecule has 84 valence electrons. The summed E-state index contributed by atoms with van der Waals surface area (Å²) < 4.78 is 15.5. The quantitative estimate of drug-likeness (QED) is 0.327. The SMILES string of the molecule is C=CCCCCCC(OC)(OC)OC. The molecular weight excluding hydrogens is 180 g/mol.